The molecule has 0 amide bonds. The zero-order valence-corrected chi connectivity index (χ0v) is 12.4. The number of nitrogens with zero attached hydrogens (tertiary/aromatic N) is 2. The molecule has 2 aromatic heterocycles. The van der Waals surface area contributed by atoms with Gasteiger partial charge in [-0.3, -0.25) is 4.98 Å². The Labute approximate surface area is 125 Å². The molecule has 2 heterocycles. The minimum atomic E-state index is 0.252. The molecule has 0 radical (unpaired) electrons. The monoisotopic (exact) mass is 279 g/mol. The summed E-state index contributed by atoms with van der Waals surface area (Å²) in [6.45, 7) is 3.00. The lowest BCUT2D eigenvalue weighted by Gasteiger charge is -2.08. The van der Waals surface area contributed by atoms with Crippen LogP contribution in [0.3, 0.4) is 0 Å². The molecule has 0 bridgehead atoms. The molecule has 1 aromatic carbocycles. The molecular formula is C18H21N3. The normalized spacial score (nSPS) is 12.7. The molecule has 21 heavy (non-hydrogen) atoms. The number of pyridine rings is 1. The Hall–Kier alpha value is -2.13. The smallest absolute Gasteiger partial charge is 0.0705 e. The number of para-hydroxylation sites is 1. The van der Waals surface area contributed by atoms with E-state index in [1.165, 1.54) is 16.5 Å². The van der Waals surface area contributed by atoms with E-state index >= 15 is 0 Å². The summed E-state index contributed by atoms with van der Waals surface area (Å²) in [4.78, 5) is 4.41. The predicted octanol–water partition coefficient (Wildman–Crippen LogP) is 3.36. The summed E-state index contributed by atoms with van der Waals surface area (Å²) in [5.74, 6) is 0. The highest BCUT2D eigenvalue weighted by atomic mass is 14.9. The van der Waals surface area contributed by atoms with Gasteiger partial charge in [0, 0.05) is 36.6 Å². The minimum absolute atomic E-state index is 0.252. The fourth-order valence-corrected chi connectivity index (χ4v) is 2.65. The topological polar surface area (TPSA) is 43.8 Å². The van der Waals surface area contributed by atoms with Crippen LogP contribution < -0.4 is 5.73 Å². The quantitative estimate of drug-likeness (QED) is 0.778. The predicted molar refractivity (Wildman–Crippen MR) is 87.2 cm³/mol. The van der Waals surface area contributed by atoms with Gasteiger partial charge in [0.05, 0.1) is 5.52 Å². The molecule has 0 spiro atoms. The summed E-state index contributed by atoms with van der Waals surface area (Å²) >= 11 is 0. The van der Waals surface area contributed by atoms with Crippen LogP contribution in [0.15, 0.2) is 55.0 Å². The van der Waals surface area contributed by atoms with E-state index in [2.05, 4.69) is 59.2 Å². The molecule has 3 nitrogen and oxygen atoms in total. The first-order valence-corrected chi connectivity index (χ1v) is 7.49. The van der Waals surface area contributed by atoms with Crippen molar-refractivity contribution in [3.05, 3.63) is 66.1 Å². The van der Waals surface area contributed by atoms with Gasteiger partial charge >= 0.3 is 0 Å². The molecule has 2 N–H and O–H groups in total. The van der Waals surface area contributed by atoms with Crippen molar-refractivity contribution < 1.29 is 0 Å². The van der Waals surface area contributed by atoms with Crippen molar-refractivity contribution in [3.8, 4) is 0 Å². The Morgan fingerprint density at radius 3 is 2.90 bits per heavy atom. The summed E-state index contributed by atoms with van der Waals surface area (Å²) < 4.78 is 2.22. The summed E-state index contributed by atoms with van der Waals surface area (Å²) in [6, 6.07) is 12.8. The van der Waals surface area contributed by atoms with E-state index in [0.717, 1.165) is 24.9 Å². The highest BCUT2D eigenvalue weighted by Crippen LogP contribution is 2.18. The molecule has 0 fully saturated rings. The van der Waals surface area contributed by atoms with Crippen molar-refractivity contribution in [2.45, 2.75) is 32.4 Å². The Bertz CT molecular complexity index is 725. The van der Waals surface area contributed by atoms with Gasteiger partial charge in [-0.1, -0.05) is 25.1 Å². The van der Waals surface area contributed by atoms with Gasteiger partial charge in [-0.2, -0.15) is 0 Å². The van der Waals surface area contributed by atoms with Crippen LogP contribution in [0.25, 0.3) is 10.9 Å². The van der Waals surface area contributed by atoms with Crippen LogP contribution in [-0.2, 0) is 13.0 Å². The van der Waals surface area contributed by atoms with Gasteiger partial charge in [0.1, 0.15) is 0 Å². The third kappa shape index (κ3) is 3.14. The first-order valence-electron chi connectivity index (χ1n) is 7.49. The summed E-state index contributed by atoms with van der Waals surface area (Å²) in [6.07, 6.45) is 8.17. The second kappa shape index (κ2) is 6.10. The highest BCUT2D eigenvalue weighted by Gasteiger charge is 2.05. The molecular weight excluding hydrogens is 258 g/mol. The van der Waals surface area contributed by atoms with Gasteiger partial charge in [0.25, 0.3) is 0 Å². The molecule has 1 unspecified atom stereocenters. The molecule has 3 rings (SSSR count). The largest absolute Gasteiger partial charge is 0.350 e. The van der Waals surface area contributed by atoms with Crippen LogP contribution in [0, 0.1) is 0 Å². The second-order valence-electron chi connectivity index (χ2n) is 5.55. The maximum atomic E-state index is 6.02. The van der Waals surface area contributed by atoms with Crippen molar-refractivity contribution in [1.29, 1.82) is 0 Å². The van der Waals surface area contributed by atoms with Crippen molar-refractivity contribution in [2.24, 2.45) is 5.73 Å². The zero-order valence-electron chi connectivity index (χ0n) is 12.4. The van der Waals surface area contributed by atoms with Crippen LogP contribution in [0.4, 0.5) is 0 Å². The van der Waals surface area contributed by atoms with Crippen molar-refractivity contribution in [2.75, 3.05) is 0 Å². The van der Waals surface area contributed by atoms with E-state index < -0.39 is 0 Å². The Morgan fingerprint density at radius 1 is 1.19 bits per heavy atom. The van der Waals surface area contributed by atoms with Crippen molar-refractivity contribution in [1.82, 2.24) is 9.55 Å². The average Bonchev–Trinajstić information content (AvgIpc) is 2.94. The van der Waals surface area contributed by atoms with Crippen LogP contribution in [-0.4, -0.2) is 15.6 Å². The molecule has 0 aliphatic heterocycles. The Kier molecular flexibility index (Phi) is 4.02. The molecule has 0 aliphatic rings. The van der Waals surface area contributed by atoms with Crippen LogP contribution in [0.5, 0.6) is 0 Å². The Balaban J connectivity index is 1.82. The van der Waals surface area contributed by atoms with Crippen molar-refractivity contribution in [3.63, 3.8) is 0 Å². The standard InChI is InChI=1S/C18H21N3/c1-2-16(19)11-14-8-10-21(12-14)13-15-7-9-20-18-6-4-3-5-17(15)18/h3-10,12,16H,2,11,13,19H2,1H3. The lowest BCUT2D eigenvalue weighted by molar-refractivity contribution is 0.645. The van der Waals surface area contributed by atoms with Crippen LogP contribution >= 0.6 is 0 Å². The van der Waals surface area contributed by atoms with Gasteiger partial charge in [-0.25, -0.2) is 0 Å². The third-order valence-electron chi connectivity index (χ3n) is 3.93. The first-order chi connectivity index (χ1) is 10.3. The van der Waals surface area contributed by atoms with Gasteiger partial charge in [-0.05, 0) is 42.2 Å². The minimum Gasteiger partial charge on any atom is -0.350 e. The van der Waals surface area contributed by atoms with Crippen molar-refractivity contribution >= 4 is 10.9 Å². The van der Waals surface area contributed by atoms with Gasteiger partial charge < -0.3 is 10.3 Å². The number of hydrogen-bond acceptors (Lipinski definition) is 2. The van der Waals surface area contributed by atoms with Crippen LogP contribution in [0.2, 0.25) is 0 Å². The van der Waals surface area contributed by atoms with E-state index in [0.29, 0.717) is 0 Å². The molecule has 0 aliphatic carbocycles. The maximum absolute atomic E-state index is 6.02. The average molecular weight is 279 g/mol. The van der Waals surface area contributed by atoms with Gasteiger partial charge in [0.15, 0.2) is 0 Å². The fourth-order valence-electron chi connectivity index (χ4n) is 2.65. The van der Waals surface area contributed by atoms with E-state index in [-0.39, 0.29) is 6.04 Å². The van der Waals surface area contributed by atoms with E-state index in [1.54, 1.807) is 0 Å². The molecule has 1 atom stereocenters. The molecule has 0 saturated heterocycles. The maximum Gasteiger partial charge on any atom is 0.0705 e. The molecule has 3 heteroatoms. The second-order valence-corrected chi connectivity index (χ2v) is 5.55. The lowest BCUT2D eigenvalue weighted by Crippen LogP contribution is -2.21. The summed E-state index contributed by atoms with van der Waals surface area (Å²) in [5, 5.41) is 1.22. The van der Waals surface area contributed by atoms with Gasteiger partial charge in [0.2, 0.25) is 0 Å². The lowest BCUT2D eigenvalue weighted by atomic mass is 10.1. The number of hydrogen-bond donors (Lipinski definition) is 1. The van der Waals surface area contributed by atoms with E-state index in [4.69, 9.17) is 5.73 Å². The Morgan fingerprint density at radius 2 is 2.05 bits per heavy atom. The number of aromatic nitrogens is 2. The number of fused-ring (bicyclic) bond motifs is 1. The molecule has 108 valence electrons. The number of benzene rings is 1. The summed E-state index contributed by atoms with van der Waals surface area (Å²) in [5.41, 5.74) is 9.68. The molecule has 3 aromatic rings. The highest BCUT2D eigenvalue weighted by molar-refractivity contribution is 5.81. The zero-order chi connectivity index (χ0) is 14.7. The molecule has 0 saturated carbocycles. The van der Waals surface area contributed by atoms with Crippen LogP contribution in [0.1, 0.15) is 24.5 Å². The number of nitrogens with two attached hydrogens (primary N) is 1. The van der Waals surface area contributed by atoms with E-state index in [9.17, 15) is 0 Å². The third-order valence-corrected chi connectivity index (χ3v) is 3.93. The van der Waals surface area contributed by atoms with Gasteiger partial charge in [-0.15, -0.1) is 0 Å². The van der Waals surface area contributed by atoms with E-state index in [1.807, 2.05) is 12.3 Å². The fraction of sp³-hybridized carbons (Fsp3) is 0.278. The SMILES string of the molecule is CCC(N)Cc1ccn(Cc2ccnc3ccccc23)c1. The number of rotatable bonds is 5. The first kappa shape index (κ1) is 13.8. The summed E-state index contributed by atoms with van der Waals surface area (Å²) in [7, 11) is 0.